The van der Waals surface area contributed by atoms with Crippen molar-refractivity contribution < 1.29 is 13.2 Å². The average Bonchev–Trinajstić information content (AvgIpc) is 3.05. The van der Waals surface area contributed by atoms with Gasteiger partial charge in [0.25, 0.3) is 0 Å². The highest BCUT2D eigenvalue weighted by molar-refractivity contribution is 7.18. The van der Waals surface area contributed by atoms with E-state index in [1.54, 1.807) is 29.9 Å². The molecular weight excluding hydrogens is 368 g/mol. The topological polar surface area (TPSA) is 51.0 Å². The lowest BCUT2D eigenvalue weighted by molar-refractivity contribution is 0.507. The van der Waals surface area contributed by atoms with E-state index in [4.69, 9.17) is 4.42 Å². The first-order valence-corrected chi connectivity index (χ1v) is 9.42. The van der Waals surface area contributed by atoms with E-state index >= 15 is 0 Å². The van der Waals surface area contributed by atoms with Crippen molar-refractivity contribution in [3.05, 3.63) is 64.9 Å². The Morgan fingerprint density at radius 1 is 1.15 bits per heavy atom. The summed E-state index contributed by atoms with van der Waals surface area (Å²) in [4.78, 5) is 11.4. The number of benzene rings is 1. The maximum absolute atomic E-state index is 13.5. The van der Waals surface area contributed by atoms with Crippen molar-refractivity contribution in [1.82, 2.24) is 9.97 Å². The minimum absolute atomic E-state index is 0.130. The number of hydrogen-bond acceptors (Lipinski definition) is 5. The van der Waals surface area contributed by atoms with Crippen LogP contribution in [0.1, 0.15) is 22.8 Å². The standard InChI is InChI=1S/C20H15F2N3OS/c1-10-6-14-19(24-18(25-20(14)27-10)12-4-5-26-9-12)23-17-8-13(17)11-2-3-15(21)16(22)7-11/h2-7,9,13,17H,8H2,1H3,(H,23,24,25)/t13-,17+/m0/s1. The van der Waals surface area contributed by atoms with Gasteiger partial charge in [0.15, 0.2) is 17.5 Å². The summed E-state index contributed by atoms with van der Waals surface area (Å²) in [5.41, 5.74) is 1.62. The van der Waals surface area contributed by atoms with Gasteiger partial charge in [-0.1, -0.05) is 6.07 Å². The van der Waals surface area contributed by atoms with Crippen molar-refractivity contribution in [1.29, 1.82) is 0 Å². The van der Waals surface area contributed by atoms with Crippen molar-refractivity contribution >= 4 is 27.4 Å². The zero-order chi connectivity index (χ0) is 18.5. The molecule has 0 radical (unpaired) electrons. The molecule has 1 aromatic carbocycles. The lowest BCUT2D eigenvalue weighted by Crippen LogP contribution is -2.07. The Kier molecular flexibility index (Phi) is 3.72. The number of aryl methyl sites for hydroxylation is 1. The number of nitrogens with zero attached hydrogens (tertiary/aromatic N) is 2. The zero-order valence-electron chi connectivity index (χ0n) is 14.4. The summed E-state index contributed by atoms with van der Waals surface area (Å²) in [6.45, 7) is 2.04. The number of hydrogen-bond donors (Lipinski definition) is 1. The number of nitrogens with one attached hydrogen (secondary N) is 1. The summed E-state index contributed by atoms with van der Waals surface area (Å²) < 4.78 is 31.8. The van der Waals surface area contributed by atoms with Crippen molar-refractivity contribution in [2.24, 2.45) is 0 Å². The van der Waals surface area contributed by atoms with E-state index in [1.807, 2.05) is 13.0 Å². The fraction of sp³-hybridized carbons (Fsp3) is 0.200. The average molecular weight is 383 g/mol. The van der Waals surface area contributed by atoms with E-state index in [1.165, 1.54) is 12.1 Å². The third-order valence-electron chi connectivity index (χ3n) is 4.78. The number of halogens is 2. The SMILES string of the molecule is Cc1cc2c(N[C@@H]3C[C@H]3c3ccc(F)c(F)c3)nc(-c3ccoc3)nc2s1. The van der Waals surface area contributed by atoms with E-state index in [9.17, 15) is 8.78 Å². The van der Waals surface area contributed by atoms with E-state index < -0.39 is 11.6 Å². The van der Waals surface area contributed by atoms with Crippen LogP contribution in [-0.2, 0) is 0 Å². The van der Waals surface area contributed by atoms with Crippen LogP contribution in [-0.4, -0.2) is 16.0 Å². The highest BCUT2D eigenvalue weighted by Gasteiger charge is 2.39. The monoisotopic (exact) mass is 383 g/mol. The number of aromatic nitrogens is 2. The van der Waals surface area contributed by atoms with Crippen LogP contribution in [0.5, 0.6) is 0 Å². The first-order valence-electron chi connectivity index (χ1n) is 8.61. The second-order valence-corrected chi connectivity index (χ2v) is 7.99. The smallest absolute Gasteiger partial charge is 0.166 e. The van der Waals surface area contributed by atoms with Crippen LogP contribution in [0.4, 0.5) is 14.6 Å². The minimum Gasteiger partial charge on any atom is -0.472 e. The van der Waals surface area contributed by atoms with Gasteiger partial charge in [0.2, 0.25) is 0 Å². The minimum atomic E-state index is -0.820. The van der Waals surface area contributed by atoms with Gasteiger partial charge >= 0.3 is 0 Å². The maximum atomic E-state index is 13.5. The molecule has 0 bridgehead atoms. The molecule has 3 aromatic heterocycles. The van der Waals surface area contributed by atoms with Crippen LogP contribution in [0.15, 0.2) is 47.3 Å². The number of thiophene rings is 1. The molecule has 0 spiro atoms. The summed E-state index contributed by atoms with van der Waals surface area (Å²) >= 11 is 1.61. The van der Waals surface area contributed by atoms with Gasteiger partial charge in [-0.3, -0.25) is 0 Å². The molecule has 1 aliphatic rings. The highest BCUT2D eigenvalue weighted by Crippen LogP contribution is 2.44. The van der Waals surface area contributed by atoms with Crippen LogP contribution in [0.2, 0.25) is 0 Å². The number of anilines is 1. The summed E-state index contributed by atoms with van der Waals surface area (Å²) in [5, 5.41) is 4.44. The number of furan rings is 1. The summed E-state index contributed by atoms with van der Waals surface area (Å²) in [6.07, 6.45) is 4.06. The van der Waals surface area contributed by atoms with Crippen molar-refractivity contribution in [2.75, 3.05) is 5.32 Å². The maximum Gasteiger partial charge on any atom is 0.166 e. The molecule has 0 unspecified atom stereocenters. The highest BCUT2D eigenvalue weighted by atomic mass is 32.1. The molecule has 136 valence electrons. The molecule has 0 saturated heterocycles. The molecule has 3 heterocycles. The van der Waals surface area contributed by atoms with Crippen LogP contribution >= 0.6 is 11.3 Å². The van der Waals surface area contributed by atoms with Crippen LogP contribution in [0, 0.1) is 18.6 Å². The van der Waals surface area contributed by atoms with Gasteiger partial charge in [0.1, 0.15) is 16.9 Å². The van der Waals surface area contributed by atoms with Gasteiger partial charge in [-0.25, -0.2) is 18.7 Å². The molecule has 4 nitrogen and oxygen atoms in total. The predicted octanol–water partition coefficient (Wildman–Crippen LogP) is 5.51. The molecule has 2 atom stereocenters. The molecular formula is C20H15F2N3OS. The van der Waals surface area contributed by atoms with Gasteiger partial charge in [-0.15, -0.1) is 11.3 Å². The molecule has 5 rings (SSSR count). The van der Waals surface area contributed by atoms with Crippen LogP contribution in [0.25, 0.3) is 21.6 Å². The van der Waals surface area contributed by atoms with Crippen molar-refractivity contribution in [2.45, 2.75) is 25.3 Å². The first-order chi connectivity index (χ1) is 13.1. The van der Waals surface area contributed by atoms with Crippen LogP contribution < -0.4 is 5.32 Å². The number of rotatable bonds is 4. The summed E-state index contributed by atoms with van der Waals surface area (Å²) in [7, 11) is 0. The van der Waals surface area contributed by atoms with E-state index in [0.29, 0.717) is 5.82 Å². The third-order valence-corrected chi connectivity index (χ3v) is 5.72. The lowest BCUT2D eigenvalue weighted by Gasteiger charge is -2.08. The normalized spacial score (nSPS) is 18.8. The molecule has 1 aliphatic carbocycles. The molecule has 1 saturated carbocycles. The Bertz CT molecular complexity index is 1140. The predicted molar refractivity (Wildman–Crippen MR) is 101 cm³/mol. The molecule has 27 heavy (non-hydrogen) atoms. The Morgan fingerprint density at radius 3 is 2.81 bits per heavy atom. The van der Waals surface area contributed by atoms with Gasteiger partial charge in [-0.2, -0.15) is 0 Å². The number of fused-ring (bicyclic) bond motifs is 1. The van der Waals surface area contributed by atoms with Gasteiger partial charge in [0, 0.05) is 16.8 Å². The lowest BCUT2D eigenvalue weighted by atomic mass is 10.1. The van der Waals surface area contributed by atoms with E-state index in [0.717, 1.165) is 38.5 Å². The first kappa shape index (κ1) is 16.4. The fourth-order valence-electron chi connectivity index (χ4n) is 3.31. The van der Waals surface area contributed by atoms with E-state index in [2.05, 4.69) is 21.4 Å². The fourth-order valence-corrected chi connectivity index (χ4v) is 4.19. The molecule has 7 heteroatoms. The van der Waals surface area contributed by atoms with E-state index in [-0.39, 0.29) is 12.0 Å². The molecule has 4 aromatic rings. The van der Waals surface area contributed by atoms with Crippen LogP contribution in [0.3, 0.4) is 0 Å². The molecule has 1 N–H and O–H groups in total. The second-order valence-electron chi connectivity index (χ2n) is 6.75. The summed E-state index contributed by atoms with van der Waals surface area (Å²) in [5.74, 6) is -0.123. The third kappa shape index (κ3) is 2.98. The molecule has 0 amide bonds. The van der Waals surface area contributed by atoms with Gasteiger partial charge in [0.05, 0.1) is 17.2 Å². The Labute approximate surface area is 157 Å². The molecule has 0 aliphatic heterocycles. The zero-order valence-corrected chi connectivity index (χ0v) is 15.2. The Hall–Kier alpha value is -2.80. The summed E-state index contributed by atoms with van der Waals surface area (Å²) in [6, 6.07) is 8.13. The Balaban J connectivity index is 1.47. The molecule has 1 fully saturated rings. The quantitative estimate of drug-likeness (QED) is 0.505. The largest absolute Gasteiger partial charge is 0.472 e. The second kappa shape index (κ2) is 6.13. The van der Waals surface area contributed by atoms with Crippen molar-refractivity contribution in [3.8, 4) is 11.4 Å². The Morgan fingerprint density at radius 2 is 2.04 bits per heavy atom. The van der Waals surface area contributed by atoms with Gasteiger partial charge < -0.3 is 9.73 Å². The van der Waals surface area contributed by atoms with Gasteiger partial charge in [-0.05, 0) is 43.2 Å². The van der Waals surface area contributed by atoms with Crippen molar-refractivity contribution in [3.63, 3.8) is 0 Å².